The highest BCUT2D eigenvalue weighted by atomic mass is 19.1. The molecule has 3 aromatic rings. The van der Waals surface area contributed by atoms with E-state index >= 15 is 0 Å². The van der Waals surface area contributed by atoms with Crippen molar-refractivity contribution in [2.24, 2.45) is 0 Å². The van der Waals surface area contributed by atoms with Crippen molar-refractivity contribution in [1.82, 2.24) is 14.5 Å². The van der Waals surface area contributed by atoms with Crippen molar-refractivity contribution in [2.75, 3.05) is 31.5 Å². The molecule has 0 radical (unpaired) electrons. The van der Waals surface area contributed by atoms with Gasteiger partial charge in [-0.1, -0.05) is 58.0 Å². The third-order valence-electron chi connectivity index (χ3n) is 6.19. The molecule has 6 nitrogen and oxygen atoms in total. The first kappa shape index (κ1) is 26.1. The van der Waals surface area contributed by atoms with E-state index in [1.54, 1.807) is 12.1 Å². The summed E-state index contributed by atoms with van der Waals surface area (Å²) in [6, 6.07) is 13.0. The molecule has 35 heavy (non-hydrogen) atoms. The lowest BCUT2D eigenvalue weighted by atomic mass is 10.0. The van der Waals surface area contributed by atoms with Crippen LogP contribution in [0, 0.1) is 17.1 Å². The zero-order valence-electron chi connectivity index (χ0n) is 21.0. The van der Waals surface area contributed by atoms with Gasteiger partial charge in [0.05, 0.1) is 22.7 Å². The zero-order chi connectivity index (χ0) is 25.4. The van der Waals surface area contributed by atoms with E-state index in [0.717, 1.165) is 31.6 Å². The van der Waals surface area contributed by atoms with Crippen molar-refractivity contribution in [2.45, 2.75) is 46.6 Å². The first-order valence-electron chi connectivity index (χ1n) is 12.2. The SMILES string of the molecule is CCN(CC)CCCNc1cc2nc(/C=C/c3ccc(C(C)C)cc3)n(CC#N)c(=O)c2cc1F. The third kappa shape index (κ3) is 6.55. The van der Waals surface area contributed by atoms with Crippen LogP contribution in [-0.4, -0.2) is 40.6 Å². The Bertz CT molecular complexity index is 1270. The fourth-order valence-electron chi connectivity index (χ4n) is 3.97. The van der Waals surface area contributed by atoms with Crippen molar-refractivity contribution < 1.29 is 4.39 Å². The monoisotopic (exact) mass is 475 g/mol. The van der Waals surface area contributed by atoms with Gasteiger partial charge in [-0.05, 0) is 61.3 Å². The van der Waals surface area contributed by atoms with Gasteiger partial charge in [0.2, 0.25) is 0 Å². The highest BCUT2D eigenvalue weighted by Crippen LogP contribution is 2.21. The Balaban J connectivity index is 1.90. The molecule has 1 N–H and O–H groups in total. The van der Waals surface area contributed by atoms with Crippen LogP contribution in [0.15, 0.2) is 41.2 Å². The second-order valence-corrected chi connectivity index (χ2v) is 8.83. The third-order valence-corrected chi connectivity index (χ3v) is 6.19. The van der Waals surface area contributed by atoms with E-state index in [9.17, 15) is 14.4 Å². The van der Waals surface area contributed by atoms with Gasteiger partial charge in [0.25, 0.3) is 5.56 Å². The van der Waals surface area contributed by atoms with Crippen molar-refractivity contribution in [3.8, 4) is 6.07 Å². The lowest BCUT2D eigenvalue weighted by molar-refractivity contribution is 0.303. The molecule has 0 aliphatic rings. The number of benzene rings is 2. The van der Waals surface area contributed by atoms with Gasteiger partial charge in [0.15, 0.2) is 0 Å². The quantitative estimate of drug-likeness (QED) is 0.371. The molecule has 0 aliphatic carbocycles. The molecule has 0 amide bonds. The maximum absolute atomic E-state index is 14.8. The maximum Gasteiger partial charge on any atom is 0.262 e. The summed E-state index contributed by atoms with van der Waals surface area (Å²) in [6.45, 7) is 11.9. The Labute approximate surface area is 206 Å². The molecule has 1 aromatic heterocycles. The van der Waals surface area contributed by atoms with Gasteiger partial charge in [-0.25, -0.2) is 9.37 Å². The Morgan fingerprint density at radius 3 is 2.51 bits per heavy atom. The van der Waals surface area contributed by atoms with Crippen molar-refractivity contribution in [3.63, 3.8) is 0 Å². The van der Waals surface area contributed by atoms with Crippen LogP contribution in [0.1, 0.15) is 57.0 Å². The standard InChI is InChI=1S/C28H34FN5O/c1-5-33(6-2)16-7-15-31-26-19-25-23(18-24(26)29)28(35)34(17-14-30)27(32-25)13-10-21-8-11-22(12-9-21)20(3)4/h8-13,18-20,31H,5-7,15-17H2,1-4H3/b13-10+. The van der Waals surface area contributed by atoms with Gasteiger partial charge >= 0.3 is 0 Å². The molecule has 2 aromatic carbocycles. The molecule has 0 bridgehead atoms. The van der Waals surface area contributed by atoms with E-state index in [4.69, 9.17) is 0 Å². The topological polar surface area (TPSA) is 74.0 Å². The smallest absolute Gasteiger partial charge is 0.262 e. The minimum Gasteiger partial charge on any atom is -0.383 e. The number of hydrogen-bond donors (Lipinski definition) is 1. The Hall–Kier alpha value is -3.50. The number of nitrogens with zero attached hydrogens (tertiary/aromatic N) is 4. The van der Waals surface area contributed by atoms with Crippen LogP contribution in [0.5, 0.6) is 0 Å². The van der Waals surface area contributed by atoms with E-state index in [2.05, 4.69) is 55.0 Å². The molecule has 7 heteroatoms. The van der Waals surface area contributed by atoms with Crippen molar-refractivity contribution in [1.29, 1.82) is 5.26 Å². The summed E-state index contributed by atoms with van der Waals surface area (Å²) in [4.78, 5) is 20.0. The van der Waals surface area contributed by atoms with Gasteiger partial charge in [-0.2, -0.15) is 5.26 Å². The molecule has 0 fully saturated rings. The van der Waals surface area contributed by atoms with E-state index < -0.39 is 11.4 Å². The normalized spacial score (nSPS) is 11.6. The predicted octanol–water partition coefficient (Wildman–Crippen LogP) is 5.50. The molecule has 0 saturated heterocycles. The second-order valence-electron chi connectivity index (χ2n) is 8.83. The number of hydrogen-bond acceptors (Lipinski definition) is 5. The zero-order valence-corrected chi connectivity index (χ0v) is 21.0. The van der Waals surface area contributed by atoms with Crippen molar-refractivity contribution >= 4 is 28.7 Å². The average molecular weight is 476 g/mol. The lowest BCUT2D eigenvalue weighted by Gasteiger charge is -2.18. The molecule has 0 unspecified atom stereocenters. The fourth-order valence-corrected chi connectivity index (χ4v) is 3.97. The summed E-state index contributed by atoms with van der Waals surface area (Å²) in [5.41, 5.74) is 2.49. The molecule has 3 rings (SSSR count). The number of aromatic nitrogens is 2. The Morgan fingerprint density at radius 2 is 1.89 bits per heavy atom. The van der Waals surface area contributed by atoms with Gasteiger partial charge in [0.1, 0.15) is 18.2 Å². The Morgan fingerprint density at radius 1 is 1.17 bits per heavy atom. The summed E-state index contributed by atoms with van der Waals surface area (Å²) in [5, 5.41) is 12.5. The van der Waals surface area contributed by atoms with Crippen LogP contribution in [-0.2, 0) is 6.54 Å². The van der Waals surface area contributed by atoms with Gasteiger partial charge in [-0.15, -0.1) is 0 Å². The van der Waals surface area contributed by atoms with Crippen LogP contribution in [0.25, 0.3) is 23.1 Å². The lowest BCUT2D eigenvalue weighted by Crippen LogP contribution is -2.25. The molecular formula is C28H34FN5O. The summed E-state index contributed by atoms with van der Waals surface area (Å²) in [7, 11) is 0. The van der Waals surface area contributed by atoms with Crippen LogP contribution >= 0.6 is 0 Å². The minimum absolute atomic E-state index is 0.157. The highest BCUT2D eigenvalue weighted by molar-refractivity contribution is 5.83. The summed E-state index contributed by atoms with van der Waals surface area (Å²) in [5.74, 6) is 0.295. The number of nitrogens with one attached hydrogen (secondary N) is 1. The van der Waals surface area contributed by atoms with E-state index in [-0.39, 0.29) is 11.9 Å². The van der Waals surface area contributed by atoms with Crippen LogP contribution in [0.2, 0.25) is 0 Å². The summed E-state index contributed by atoms with van der Waals surface area (Å²) >= 11 is 0. The number of anilines is 1. The largest absolute Gasteiger partial charge is 0.383 e. The number of halogens is 1. The molecular weight excluding hydrogens is 441 g/mol. The summed E-state index contributed by atoms with van der Waals surface area (Å²) in [6.07, 6.45) is 4.46. The second kappa shape index (κ2) is 12.3. The van der Waals surface area contributed by atoms with Gasteiger partial charge in [0, 0.05) is 6.54 Å². The van der Waals surface area contributed by atoms with Crippen LogP contribution in [0.3, 0.4) is 0 Å². The number of rotatable bonds is 11. The van der Waals surface area contributed by atoms with Crippen molar-refractivity contribution in [3.05, 3.63) is 69.5 Å². The predicted molar refractivity (Wildman–Crippen MR) is 142 cm³/mol. The van der Waals surface area contributed by atoms with E-state index in [1.165, 1.54) is 16.2 Å². The fraction of sp³-hybridized carbons (Fsp3) is 0.393. The number of nitriles is 1. The highest BCUT2D eigenvalue weighted by Gasteiger charge is 2.13. The average Bonchev–Trinajstić information content (AvgIpc) is 2.86. The van der Waals surface area contributed by atoms with Gasteiger partial charge in [-0.3, -0.25) is 9.36 Å². The molecule has 0 spiro atoms. The molecule has 0 atom stereocenters. The number of fused-ring (bicyclic) bond motifs is 1. The first-order valence-corrected chi connectivity index (χ1v) is 12.2. The molecule has 0 aliphatic heterocycles. The molecule has 184 valence electrons. The van der Waals surface area contributed by atoms with E-state index in [0.29, 0.717) is 29.5 Å². The maximum atomic E-state index is 14.8. The van der Waals surface area contributed by atoms with Crippen LogP contribution < -0.4 is 10.9 Å². The minimum atomic E-state index is -0.503. The first-order chi connectivity index (χ1) is 16.9. The van der Waals surface area contributed by atoms with Gasteiger partial charge < -0.3 is 10.2 Å². The van der Waals surface area contributed by atoms with Crippen LogP contribution in [0.4, 0.5) is 10.1 Å². The molecule has 0 saturated carbocycles. The van der Waals surface area contributed by atoms with E-state index in [1.807, 2.05) is 24.3 Å². The Kier molecular flexibility index (Phi) is 9.16. The summed E-state index contributed by atoms with van der Waals surface area (Å²) < 4.78 is 16.0. The molecule has 1 heterocycles.